The molecule has 0 saturated carbocycles. The van der Waals surface area contributed by atoms with Gasteiger partial charge < -0.3 is 9.88 Å². The average molecular weight is 301 g/mol. The number of likely N-dealkylation sites (N-methyl/N-ethyl adjacent to an activating group) is 1. The lowest BCUT2D eigenvalue weighted by Gasteiger charge is -2.25. The van der Waals surface area contributed by atoms with E-state index in [2.05, 4.69) is 15.5 Å². The third-order valence-electron chi connectivity index (χ3n) is 3.61. The Morgan fingerprint density at radius 1 is 1.27 bits per heavy atom. The number of rotatable bonds is 7. The van der Waals surface area contributed by atoms with Gasteiger partial charge in [-0.25, -0.2) is 0 Å². The number of benzene rings is 1. The molecule has 118 valence electrons. The van der Waals surface area contributed by atoms with Gasteiger partial charge in [0, 0.05) is 13.1 Å². The third kappa shape index (κ3) is 4.14. The van der Waals surface area contributed by atoms with E-state index in [1.54, 1.807) is 12.7 Å². The molecular formula is C16H23N5O. The second-order valence-electron chi connectivity index (χ2n) is 5.57. The van der Waals surface area contributed by atoms with Crippen LogP contribution in [0.25, 0.3) is 0 Å². The minimum atomic E-state index is -0.267. The molecule has 0 unspecified atom stereocenters. The first-order chi connectivity index (χ1) is 10.6. The maximum Gasteiger partial charge on any atom is 0.241 e. The molecule has 6 heteroatoms. The maximum absolute atomic E-state index is 12.5. The van der Waals surface area contributed by atoms with Gasteiger partial charge in [0.1, 0.15) is 18.7 Å². The predicted molar refractivity (Wildman–Crippen MR) is 85.3 cm³/mol. The van der Waals surface area contributed by atoms with Gasteiger partial charge in [0.05, 0.1) is 0 Å². The fourth-order valence-corrected chi connectivity index (χ4v) is 2.45. The highest BCUT2D eigenvalue weighted by Gasteiger charge is 2.23. The summed E-state index contributed by atoms with van der Waals surface area (Å²) in [5, 5.41) is 10.5. The molecule has 1 aromatic carbocycles. The summed E-state index contributed by atoms with van der Waals surface area (Å²) in [6.07, 6.45) is 4.20. The highest BCUT2D eigenvalue weighted by atomic mass is 16.2. The van der Waals surface area contributed by atoms with Crippen molar-refractivity contribution in [2.24, 2.45) is 0 Å². The molecule has 0 fully saturated rings. The van der Waals surface area contributed by atoms with Gasteiger partial charge in [-0.05, 0) is 38.6 Å². The van der Waals surface area contributed by atoms with E-state index < -0.39 is 0 Å². The molecule has 22 heavy (non-hydrogen) atoms. The summed E-state index contributed by atoms with van der Waals surface area (Å²) in [5.41, 5.74) is 2.17. The molecule has 0 spiro atoms. The van der Waals surface area contributed by atoms with Crippen molar-refractivity contribution in [3.63, 3.8) is 0 Å². The average Bonchev–Trinajstić information content (AvgIpc) is 2.99. The summed E-state index contributed by atoms with van der Waals surface area (Å²) in [7, 11) is 3.85. The van der Waals surface area contributed by atoms with Crippen LogP contribution in [0.5, 0.6) is 0 Å². The summed E-state index contributed by atoms with van der Waals surface area (Å²) in [6.45, 7) is 3.46. The largest absolute Gasteiger partial charge is 0.354 e. The molecule has 1 atom stereocenters. The zero-order chi connectivity index (χ0) is 15.9. The Morgan fingerprint density at radius 3 is 2.59 bits per heavy atom. The minimum Gasteiger partial charge on any atom is -0.354 e. The molecule has 1 aromatic heterocycles. The number of hydrogen-bond donors (Lipinski definition) is 1. The first-order valence-corrected chi connectivity index (χ1v) is 7.41. The summed E-state index contributed by atoms with van der Waals surface area (Å²) in [5.74, 6) is 0.0306. The van der Waals surface area contributed by atoms with Gasteiger partial charge in [0.15, 0.2) is 0 Å². The summed E-state index contributed by atoms with van der Waals surface area (Å²) in [4.78, 5) is 14.5. The smallest absolute Gasteiger partial charge is 0.241 e. The van der Waals surface area contributed by atoms with E-state index in [0.717, 1.165) is 24.1 Å². The predicted octanol–water partition coefficient (Wildman–Crippen LogP) is 1.40. The van der Waals surface area contributed by atoms with Crippen molar-refractivity contribution in [2.75, 3.05) is 20.6 Å². The maximum atomic E-state index is 12.5. The van der Waals surface area contributed by atoms with E-state index in [1.165, 1.54) is 0 Å². The first-order valence-electron chi connectivity index (χ1n) is 7.41. The third-order valence-corrected chi connectivity index (χ3v) is 3.61. The minimum absolute atomic E-state index is 0.0306. The van der Waals surface area contributed by atoms with Gasteiger partial charge in [0.25, 0.3) is 0 Å². The van der Waals surface area contributed by atoms with E-state index in [9.17, 15) is 4.79 Å². The van der Waals surface area contributed by atoms with Gasteiger partial charge in [-0.2, -0.15) is 0 Å². The number of nitrogens with zero attached hydrogens (tertiary/aromatic N) is 4. The number of aromatic nitrogens is 3. The molecule has 0 aliphatic heterocycles. The molecule has 0 aliphatic rings. The Balaban J connectivity index is 1.91. The van der Waals surface area contributed by atoms with Crippen molar-refractivity contribution in [2.45, 2.75) is 25.9 Å². The number of hydrogen-bond acceptors (Lipinski definition) is 4. The van der Waals surface area contributed by atoms with Crippen LogP contribution < -0.4 is 5.32 Å². The molecule has 0 radical (unpaired) electrons. The molecule has 6 nitrogen and oxygen atoms in total. The molecule has 2 rings (SSSR count). The Morgan fingerprint density at radius 2 is 1.95 bits per heavy atom. The fourth-order valence-electron chi connectivity index (χ4n) is 2.45. The Hall–Kier alpha value is -2.21. The second-order valence-corrected chi connectivity index (χ2v) is 5.57. The van der Waals surface area contributed by atoms with Crippen molar-refractivity contribution >= 4 is 5.91 Å². The molecule has 0 saturated heterocycles. The monoisotopic (exact) mass is 301 g/mol. The molecule has 1 amide bonds. The summed E-state index contributed by atoms with van der Waals surface area (Å²) >= 11 is 0. The molecule has 0 aliphatic carbocycles. The number of carbonyl (C=O) groups is 1. The number of amides is 1. The Labute approximate surface area is 131 Å². The van der Waals surface area contributed by atoms with Crippen molar-refractivity contribution in [3.05, 3.63) is 48.0 Å². The van der Waals surface area contributed by atoms with Crippen LogP contribution in [0.4, 0.5) is 0 Å². The summed E-state index contributed by atoms with van der Waals surface area (Å²) in [6, 6.07) is 7.74. The van der Waals surface area contributed by atoms with E-state index in [4.69, 9.17) is 0 Å². The molecule has 1 N–H and O–H groups in total. The standard InChI is InChI=1S/C16H23N5O/c1-13-7-4-5-8-14(13)15(20(2)3)16(22)17-9-6-10-21-11-18-19-12-21/h4-5,7-8,11-12,15H,6,9-10H2,1-3H3,(H,17,22)/t15-/m0/s1. The Bertz CT molecular complexity index is 594. The van der Waals surface area contributed by atoms with Gasteiger partial charge in [0.2, 0.25) is 5.91 Å². The SMILES string of the molecule is Cc1ccccc1[C@@H](C(=O)NCCCn1cnnc1)N(C)C. The number of carbonyl (C=O) groups excluding carboxylic acids is 1. The topological polar surface area (TPSA) is 63.1 Å². The van der Waals surface area contributed by atoms with Crippen LogP contribution in [-0.2, 0) is 11.3 Å². The van der Waals surface area contributed by atoms with Crippen LogP contribution in [0.1, 0.15) is 23.6 Å². The lowest BCUT2D eigenvalue weighted by molar-refractivity contribution is -0.125. The lowest BCUT2D eigenvalue weighted by atomic mass is 10.00. The van der Waals surface area contributed by atoms with Crippen molar-refractivity contribution < 1.29 is 4.79 Å². The van der Waals surface area contributed by atoms with Gasteiger partial charge in [-0.1, -0.05) is 24.3 Å². The van der Waals surface area contributed by atoms with Crippen LogP contribution in [0.15, 0.2) is 36.9 Å². The van der Waals surface area contributed by atoms with Gasteiger partial charge in [-0.3, -0.25) is 9.69 Å². The van der Waals surface area contributed by atoms with E-state index in [1.807, 2.05) is 54.8 Å². The van der Waals surface area contributed by atoms with Crippen LogP contribution in [0.3, 0.4) is 0 Å². The zero-order valence-corrected chi connectivity index (χ0v) is 13.4. The highest BCUT2D eigenvalue weighted by Crippen LogP contribution is 2.21. The van der Waals surface area contributed by atoms with Crippen LogP contribution >= 0.6 is 0 Å². The van der Waals surface area contributed by atoms with Crippen molar-refractivity contribution in [3.8, 4) is 0 Å². The van der Waals surface area contributed by atoms with Crippen LogP contribution in [-0.4, -0.2) is 46.2 Å². The van der Waals surface area contributed by atoms with E-state index in [0.29, 0.717) is 6.54 Å². The van der Waals surface area contributed by atoms with E-state index >= 15 is 0 Å². The van der Waals surface area contributed by atoms with E-state index in [-0.39, 0.29) is 11.9 Å². The van der Waals surface area contributed by atoms with Gasteiger partial charge in [-0.15, -0.1) is 10.2 Å². The number of nitrogens with one attached hydrogen (secondary N) is 1. The second kappa shape index (κ2) is 7.70. The van der Waals surface area contributed by atoms with Crippen LogP contribution in [0.2, 0.25) is 0 Å². The fraction of sp³-hybridized carbons (Fsp3) is 0.438. The lowest BCUT2D eigenvalue weighted by Crippen LogP contribution is -2.38. The highest BCUT2D eigenvalue weighted by molar-refractivity contribution is 5.83. The normalized spacial score (nSPS) is 12.4. The molecule has 2 aromatic rings. The quantitative estimate of drug-likeness (QED) is 0.785. The molecule has 0 bridgehead atoms. The molecular weight excluding hydrogens is 278 g/mol. The van der Waals surface area contributed by atoms with Gasteiger partial charge >= 0.3 is 0 Å². The van der Waals surface area contributed by atoms with Crippen molar-refractivity contribution in [1.29, 1.82) is 0 Å². The first kappa shape index (κ1) is 16.2. The summed E-state index contributed by atoms with van der Waals surface area (Å²) < 4.78 is 1.90. The number of aryl methyl sites for hydroxylation is 2. The van der Waals surface area contributed by atoms with Crippen molar-refractivity contribution in [1.82, 2.24) is 25.0 Å². The molecule has 1 heterocycles. The zero-order valence-electron chi connectivity index (χ0n) is 13.4. The Kier molecular flexibility index (Phi) is 5.66. The van der Waals surface area contributed by atoms with Crippen LogP contribution in [0, 0.1) is 6.92 Å².